The van der Waals surface area contributed by atoms with Crippen LogP contribution in [0.25, 0.3) is 32.6 Å². The Morgan fingerprint density at radius 2 is 0.960 bits per heavy atom. The topological polar surface area (TPSA) is 441 Å². The third-order valence-corrected chi connectivity index (χ3v) is 25.9. The first kappa shape index (κ1) is 125. The van der Waals surface area contributed by atoms with Gasteiger partial charge in [0.05, 0.1) is 344 Å². The van der Waals surface area contributed by atoms with Gasteiger partial charge in [0, 0.05) is 100 Å². The zero-order valence-electron chi connectivity index (χ0n) is 87.7. The van der Waals surface area contributed by atoms with Crippen LogP contribution < -0.4 is 20.3 Å². The molecule has 3 aromatic carbocycles. The minimum Gasteiger partial charge on any atom is -0.460 e. The summed E-state index contributed by atoms with van der Waals surface area (Å²) < 4.78 is 213. The van der Waals surface area contributed by atoms with Crippen molar-refractivity contribution in [1.82, 2.24) is 39.7 Å². The summed E-state index contributed by atoms with van der Waals surface area (Å²) in [5, 5.41) is 6.17. The van der Waals surface area contributed by atoms with Gasteiger partial charge in [0.2, 0.25) is 23.5 Å². The number of aryl methyl sites for hydroxylation is 1. The second-order valence-corrected chi connectivity index (χ2v) is 38.4. The number of methoxy groups -OCH3 is 1. The van der Waals surface area contributed by atoms with Crippen molar-refractivity contribution in [2.24, 2.45) is 5.41 Å². The molecule has 0 radical (unpaired) electrons. The van der Waals surface area contributed by atoms with Crippen molar-refractivity contribution in [3.05, 3.63) is 119 Å². The van der Waals surface area contributed by atoms with Crippen LogP contribution in [0.3, 0.4) is 0 Å². The second kappa shape index (κ2) is 74.8. The van der Waals surface area contributed by atoms with E-state index in [0.717, 1.165) is 49.4 Å². The van der Waals surface area contributed by atoms with Crippen molar-refractivity contribution >= 4 is 73.4 Å². The lowest BCUT2D eigenvalue weighted by molar-refractivity contribution is -0.152. The highest BCUT2D eigenvalue weighted by Crippen LogP contribution is 2.34. The van der Waals surface area contributed by atoms with Gasteiger partial charge in [0.15, 0.2) is 5.82 Å². The maximum absolute atomic E-state index is 16.0. The Kier molecular flexibility index (Phi) is 62.5. The predicted octanol–water partition coefficient (Wildman–Crippen LogP) is 7.16. The largest absolute Gasteiger partial charge is 0.460 e. The number of likely N-dealkylation sites (tertiary alicyclic amines) is 1. The minimum absolute atomic E-state index is 0.00896. The zero-order valence-corrected chi connectivity index (χ0v) is 89.3. The van der Waals surface area contributed by atoms with Gasteiger partial charge in [-0.05, 0) is 72.7 Å². The smallest absolute Gasteiger partial charge is 0.308 e. The molecule has 3 fully saturated rings. The fourth-order valence-corrected chi connectivity index (χ4v) is 17.5. The number of piperazine rings is 1. The number of ketones is 1. The molecule has 3 aliphatic heterocycles. The van der Waals surface area contributed by atoms with Crippen molar-refractivity contribution in [2.75, 3.05) is 373 Å². The Labute approximate surface area is 882 Å². The number of ether oxygens (including phenoxy) is 25. The van der Waals surface area contributed by atoms with E-state index in [1.54, 1.807) is 31.8 Å². The lowest BCUT2D eigenvalue weighted by Crippen LogP contribution is -2.58. The molecular weight excluding hydrogens is 2010 g/mol. The van der Waals surface area contributed by atoms with Gasteiger partial charge in [-0.2, -0.15) is 12.7 Å². The van der Waals surface area contributed by atoms with E-state index in [1.807, 2.05) is 80.9 Å². The maximum atomic E-state index is 16.0. The third kappa shape index (κ3) is 49.7. The fourth-order valence-electron chi connectivity index (χ4n) is 15.4. The molecule has 0 aliphatic carbocycles. The van der Waals surface area contributed by atoms with Gasteiger partial charge >= 0.3 is 16.2 Å². The average Bonchev–Trinajstić information content (AvgIpc) is 1.63. The van der Waals surface area contributed by atoms with Crippen LogP contribution in [-0.4, -0.2) is 461 Å². The summed E-state index contributed by atoms with van der Waals surface area (Å²) in [4.78, 5) is 89.1. The van der Waals surface area contributed by atoms with Crippen LogP contribution >= 0.6 is 11.3 Å². The minimum atomic E-state index is -4.41. The lowest BCUT2D eigenvalue weighted by Gasteiger charge is -2.36. The molecule has 5 atom stereocenters. The molecule has 0 spiro atoms. The number of esters is 1. The SMILES string of the molecule is COCCOCCOCCOCCOCCOCCOCCOCCOCCOCCOCCOCCOCCOCCOCCOCCOCCOCCOCCOCCOCCOCCOC(C)CC(=O)O[C@@H]1C[C@@H](C(=O)NCc2ccc(-c3scnc3C)cc2)N(C(=O)[C@@H](NC(=O)COCCN2CCN(c3ccc(-c4cnc5[nH]cc(C(=O)c6c(F)ccc(NS(=O)(=O)N7CC[C@@H](F)C7)c6F)c5c4)cc3)CC2)C(C)(C)C)C1. The number of aromatic amines is 1. The van der Waals surface area contributed by atoms with Crippen LogP contribution in [-0.2, 0) is 154 Å². The molecule has 0 saturated carbocycles. The summed E-state index contributed by atoms with van der Waals surface area (Å²) >= 11 is 1.54. The van der Waals surface area contributed by atoms with Gasteiger partial charge in [-0.3, -0.25) is 33.6 Å². The van der Waals surface area contributed by atoms with E-state index in [2.05, 4.69) is 35.4 Å². The van der Waals surface area contributed by atoms with Crippen molar-refractivity contribution < 1.29 is 164 Å². The van der Waals surface area contributed by atoms with Gasteiger partial charge in [0.25, 0.3) is 0 Å². The van der Waals surface area contributed by atoms with Crippen molar-refractivity contribution in [3.8, 4) is 21.6 Å². The normalized spacial score (nSPS) is 15.7. The van der Waals surface area contributed by atoms with Crippen molar-refractivity contribution in [3.63, 3.8) is 0 Å². The highest BCUT2D eigenvalue weighted by molar-refractivity contribution is 7.90. The molecule has 4 N–H and O–H groups in total. The van der Waals surface area contributed by atoms with Gasteiger partial charge in [-0.25, -0.2) is 23.1 Å². The molecule has 3 amide bonds. The third-order valence-electron chi connectivity index (χ3n) is 23.4. The number of halogens is 3. The molecular formula is C103H157F3N10O32S2. The molecule has 42 nitrogen and oxygen atoms in total. The quantitative estimate of drug-likeness (QED) is 0.0167. The number of anilines is 2. The van der Waals surface area contributed by atoms with Gasteiger partial charge < -0.3 is 144 Å². The number of benzene rings is 3. The Balaban J connectivity index is 0.520. The number of hydrogen-bond donors (Lipinski definition) is 4. The maximum Gasteiger partial charge on any atom is 0.308 e. The van der Waals surface area contributed by atoms with Crippen LogP contribution in [0.5, 0.6) is 0 Å². The first-order valence-electron chi connectivity index (χ1n) is 51.4. The molecule has 3 aliphatic rings. The second-order valence-electron chi connectivity index (χ2n) is 35.9. The van der Waals surface area contributed by atoms with Crippen LogP contribution in [0.15, 0.2) is 84.6 Å². The Morgan fingerprint density at radius 3 is 1.38 bits per heavy atom. The summed E-state index contributed by atoms with van der Waals surface area (Å²) in [6.45, 7) is 31.4. The number of pyridine rings is 1. The number of carbonyl (C=O) groups excluding carboxylic acids is 5. The lowest BCUT2D eigenvalue weighted by atomic mass is 9.85. The predicted molar refractivity (Wildman–Crippen MR) is 549 cm³/mol. The van der Waals surface area contributed by atoms with Crippen LogP contribution in [0.1, 0.15) is 74.1 Å². The molecule has 47 heteroatoms. The molecule has 0 bridgehead atoms. The first-order valence-corrected chi connectivity index (χ1v) is 53.8. The highest BCUT2D eigenvalue weighted by Gasteiger charge is 2.47. The van der Waals surface area contributed by atoms with E-state index >= 15 is 8.78 Å². The molecule has 3 aromatic heterocycles. The average molecular weight is 2170 g/mol. The van der Waals surface area contributed by atoms with E-state index < -0.39 is 105 Å². The van der Waals surface area contributed by atoms with E-state index in [1.165, 1.54) is 22.4 Å². The van der Waals surface area contributed by atoms with Gasteiger partial charge in [-0.15, -0.1) is 11.3 Å². The molecule has 6 aromatic rings. The van der Waals surface area contributed by atoms with Crippen molar-refractivity contribution in [2.45, 2.75) is 90.9 Å². The summed E-state index contributed by atoms with van der Waals surface area (Å²) in [5.41, 5.74) is 4.53. The Bertz CT molecular complexity index is 4810. The molecule has 1 unspecified atom stereocenters. The number of nitrogens with zero attached hydrogens (tertiary/aromatic N) is 6. The molecule has 844 valence electrons. The fraction of sp³-hybridized carbons (Fsp3) is 0.680. The highest BCUT2D eigenvalue weighted by atomic mass is 32.2. The van der Waals surface area contributed by atoms with E-state index in [0.29, 0.717) is 316 Å². The zero-order chi connectivity index (χ0) is 107. The number of amides is 3. The Hall–Kier alpha value is -8.17. The summed E-state index contributed by atoms with van der Waals surface area (Å²) in [7, 11) is -2.77. The van der Waals surface area contributed by atoms with Gasteiger partial charge in [-0.1, -0.05) is 57.2 Å². The number of hydrogen-bond acceptors (Lipinski definition) is 37. The number of fused-ring (bicyclic) bond motifs is 1. The summed E-state index contributed by atoms with van der Waals surface area (Å²) in [5.74, 6) is -5.76. The molecule has 150 heavy (non-hydrogen) atoms. The Morgan fingerprint density at radius 1 is 0.520 bits per heavy atom. The molecule has 9 rings (SSSR count). The summed E-state index contributed by atoms with van der Waals surface area (Å²) in [6, 6.07) is 16.7. The number of H-pyrrole nitrogens is 1. The van der Waals surface area contributed by atoms with Gasteiger partial charge in [0.1, 0.15) is 42.4 Å². The standard InChI is InChI=1S/C103H157F3N10O32S2/c1-79(147-68-67-145-66-65-144-64-63-143-62-61-142-60-59-141-58-57-140-56-55-139-54-53-138-52-51-137-50-49-136-48-47-135-46-45-134-44-43-133-42-41-132-40-39-131-38-37-130-36-35-129-34-33-128-32-31-127-30-29-126-28-27-125-26-25-124-6)69-94(118)148-87-71-92(101(120)109-72-81-7-9-83(10-8-81)98-80(2)110-78-149-98)116(76-87)102(121)99(103(3,4)5)111-93(117)77-146-24-23-113-19-21-114(22-20-113)86-13-11-82(12-14-86)84-70-88-89(74-108-100(88)107-73-84)97(119)95-90(105)15-16-91(96(95)106)112-150(122,123)115-18-17-85(104)75-115/h7-16,70,73-74,78-79,85,87,92,99,112H,17-69,71-72,75-77H2,1-6H3,(H,107,108)(H,109,120)(H,111,117)/t79?,85-,87-,92+,99-/m1/s1. The molecule has 3 saturated heterocycles. The van der Waals surface area contributed by atoms with Crippen LogP contribution in [0.4, 0.5) is 24.5 Å². The van der Waals surface area contributed by atoms with Crippen LogP contribution in [0.2, 0.25) is 0 Å². The monoisotopic (exact) mass is 2170 g/mol. The van der Waals surface area contributed by atoms with E-state index in [-0.39, 0.29) is 81.9 Å². The van der Waals surface area contributed by atoms with Crippen molar-refractivity contribution in [1.29, 1.82) is 0 Å². The number of rotatable bonds is 88. The number of alkyl halides is 1. The first-order chi connectivity index (χ1) is 73.1. The number of thiazole rings is 1. The number of nitrogens with one attached hydrogen (secondary N) is 4. The van der Waals surface area contributed by atoms with E-state index in [9.17, 15) is 36.8 Å². The molecule has 6 heterocycles. The number of aromatic nitrogens is 3. The van der Waals surface area contributed by atoms with Crippen LogP contribution in [0, 0.1) is 24.0 Å². The van der Waals surface area contributed by atoms with E-state index in [4.69, 9.17) is 118 Å². The number of carbonyl (C=O) groups is 5. The summed E-state index contributed by atoms with van der Waals surface area (Å²) in [6.07, 6.45) is -0.0274.